The first-order chi connectivity index (χ1) is 12.0. The first kappa shape index (κ1) is 17.4. The standard InChI is InChI=1S/C16H17ClFN5O2/c17-11-4-1-5-12(18)13(11)22-15(24)10-8-21-16(19)23-14(10)20-7-9-3-2-6-25-9/h1,4-5,8-9H,2-3,6-7H2,(H,22,24)(H3,19,20,21,23). The molecule has 0 spiro atoms. The summed E-state index contributed by atoms with van der Waals surface area (Å²) in [7, 11) is 0. The molecule has 1 fully saturated rings. The summed E-state index contributed by atoms with van der Waals surface area (Å²) in [5, 5.41) is 5.59. The molecule has 25 heavy (non-hydrogen) atoms. The lowest BCUT2D eigenvalue weighted by Crippen LogP contribution is -2.23. The van der Waals surface area contributed by atoms with Crippen LogP contribution in [0.3, 0.4) is 0 Å². The van der Waals surface area contributed by atoms with Crippen molar-refractivity contribution in [1.82, 2.24) is 9.97 Å². The van der Waals surface area contributed by atoms with E-state index in [2.05, 4.69) is 20.6 Å². The quantitative estimate of drug-likeness (QED) is 0.753. The number of rotatable bonds is 5. The van der Waals surface area contributed by atoms with E-state index in [0.717, 1.165) is 19.4 Å². The molecule has 0 saturated carbocycles. The van der Waals surface area contributed by atoms with Gasteiger partial charge in [0.2, 0.25) is 5.95 Å². The summed E-state index contributed by atoms with van der Waals surface area (Å²) in [5.41, 5.74) is 5.64. The number of hydrogen-bond acceptors (Lipinski definition) is 6. The predicted octanol–water partition coefficient (Wildman–Crippen LogP) is 2.69. The molecule has 1 atom stereocenters. The van der Waals surface area contributed by atoms with Crippen molar-refractivity contribution in [2.45, 2.75) is 18.9 Å². The number of para-hydroxylation sites is 1. The van der Waals surface area contributed by atoms with Crippen molar-refractivity contribution in [1.29, 1.82) is 0 Å². The lowest BCUT2D eigenvalue weighted by molar-refractivity contribution is 0.102. The topological polar surface area (TPSA) is 102 Å². The molecule has 0 radical (unpaired) electrons. The van der Waals surface area contributed by atoms with Crippen LogP contribution in [-0.4, -0.2) is 35.1 Å². The molecule has 1 aliphatic rings. The van der Waals surface area contributed by atoms with Gasteiger partial charge in [0, 0.05) is 19.3 Å². The molecule has 1 aromatic carbocycles. The molecule has 0 bridgehead atoms. The third-order valence-corrected chi connectivity index (χ3v) is 4.09. The van der Waals surface area contributed by atoms with Gasteiger partial charge in [0.25, 0.3) is 5.91 Å². The van der Waals surface area contributed by atoms with Gasteiger partial charge in [0.1, 0.15) is 17.2 Å². The monoisotopic (exact) mass is 365 g/mol. The molecule has 2 aromatic rings. The van der Waals surface area contributed by atoms with Crippen LogP contribution in [0.5, 0.6) is 0 Å². The third-order valence-electron chi connectivity index (χ3n) is 3.77. The molecule has 3 rings (SSSR count). The van der Waals surface area contributed by atoms with Gasteiger partial charge < -0.3 is 21.1 Å². The summed E-state index contributed by atoms with van der Waals surface area (Å²) in [4.78, 5) is 20.4. The van der Waals surface area contributed by atoms with Crippen LogP contribution >= 0.6 is 11.6 Å². The number of nitrogens with zero attached hydrogens (tertiary/aromatic N) is 2. The number of aromatic nitrogens is 2. The smallest absolute Gasteiger partial charge is 0.261 e. The van der Waals surface area contributed by atoms with Crippen molar-refractivity contribution < 1.29 is 13.9 Å². The van der Waals surface area contributed by atoms with Crippen LogP contribution in [0.4, 0.5) is 21.8 Å². The minimum absolute atomic E-state index is 0.0234. The van der Waals surface area contributed by atoms with Gasteiger partial charge in [-0.3, -0.25) is 4.79 Å². The summed E-state index contributed by atoms with van der Waals surface area (Å²) < 4.78 is 19.4. The van der Waals surface area contributed by atoms with Crippen LogP contribution in [0, 0.1) is 5.82 Å². The molecule has 1 aromatic heterocycles. The molecule has 4 N–H and O–H groups in total. The van der Waals surface area contributed by atoms with Crippen molar-refractivity contribution in [3.63, 3.8) is 0 Å². The average Bonchev–Trinajstić information content (AvgIpc) is 3.10. The Bertz CT molecular complexity index is 763. The van der Waals surface area contributed by atoms with Gasteiger partial charge in [-0.1, -0.05) is 17.7 Å². The van der Waals surface area contributed by atoms with E-state index >= 15 is 0 Å². The Balaban J connectivity index is 1.79. The summed E-state index contributed by atoms with van der Waals surface area (Å²) in [6, 6.07) is 4.14. The molecular weight excluding hydrogens is 349 g/mol. The van der Waals surface area contributed by atoms with Gasteiger partial charge in [-0.15, -0.1) is 0 Å². The minimum Gasteiger partial charge on any atom is -0.376 e. The molecule has 9 heteroatoms. The second kappa shape index (κ2) is 7.62. The highest BCUT2D eigenvalue weighted by Gasteiger charge is 2.20. The van der Waals surface area contributed by atoms with Gasteiger partial charge in [-0.05, 0) is 25.0 Å². The van der Waals surface area contributed by atoms with E-state index in [1.807, 2.05) is 0 Å². The van der Waals surface area contributed by atoms with E-state index in [1.54, 1.807) is 0 Å². The third kappa shape index (κ3) is 4.15. The molecular formula is C16H17ClFN5O2. The van der Waals surface area contributed by atoms with Crippen molar-refractivity contribution in [3.05, 3.63) is 40.8 Å². The maximum absolute atomic E-state index is 13.9. The van der Waals surface area contributed by atoms with E-state index in [-0.39, 0.29) is 34.1 Å². The van der Waals surface area contributed by atoms with Gasteiger partial charge in [0.05, 0.1) is 16.8 Å². The molecule has 1 aliphatic heterocycles. The fourth-order valence-corrected chi connectivity index (χ4v) is 2.72. The fourth-order valence-electron chi connectivity index (χ4n) is 2.51. The summed E-state index contributed by atoms with van der Waals surface area (Å²) in [5.74, 6) is -0.948. The highest BCUT2D eigenvalue weighted by Crippen LogP contribution is 2.26. The number of hydrogen-bond donors (Lipinski definition) is 3. The molecule has 0 aliphatic carbocycles. The number of amides is 1. The predicted molar refractivity (Wildman–Crippen MR) is 93.3 cm³/mol. The highest BCUT2D eigenvalue weighted by molar-refractivity contribution is 6.34. The first-order valence-corrected chi connectivity index (χ1v) is 8.15. The number of halogens is 2. The molecule has 1 saturated heterocycles. The number of carbonyl (C=O) groups is 1. The maximum atomic E-state index is 13.9. The second-order valence-corrected chi connectivity index (χ2v) is 5.96. The number of nitrogens with two attached hydrogens (primary N) is 1. The minimum atomic E-state index is -0.633. The zero-order valence-electron chi connectivity index (χ0n) is 13.3. The van der Waals surface area contributed by atoms with Crippen molar-refractivity contribution in [2.24, 2.45) is 0 Å². The molecule has 132 valence electrons. The largest absolute Gasteiger partial charge is 0.376 e. The van der Waals surface area contributed by atoms with Crippen molar-refractivity contribution in [2.75, 3.05) is 29.5 Å². The Labute approximate surface area is 148 Å². The second-order valence-electron chi connectivity index (χ2n) is 5.56. The van der Waals surface area contributed by atoms with Crippen LogP contribution in [0.15, 0.2) is 24.4 Å². The SMILES string of the molecule is Nc1ncc(C(=O)Nc2c(F)cccc2Cl)c(NCC2CCCO2)n1. The van der Waals surface area contributed by atoms with Gasteiger partial charge in [-0.2, -0.15) is 4.98 Å². The number of ether oxygens (including phenoxy) is 1. The van der Waals surface area contributed by atoms with Gasteiger partial charge in [0.15, 0.2) is 0 Å². The van der Waals surface area contributed by atoms with Crippen LogP contribution < -0.4 is 16.4 Å². The Morgan fingerprint density at radius 2 is 2.32 bits per heavy atom. The lowest BCUT2D eigenvalue weighted by atomic mass is 10.2. The van der Waals surface area contributed by atoms with Crippen LogP contribution in [-0.2, 0) is 4.74 Å². The Morgan fingerprint density at radius 3 is 3.04 bits per heavy atom. The zero-order valence-corrected chi connectivity index (χ0v) is 14.0. The number of benzene rings is 1. The van der Waals surface area contributed by atoms with E-state index < -0.39 is 11.7 Å². The van der Waals surface area contributed by atoms with Crippen molar-refractivity contribution >= 4 is 35.0 Å². The lowest BCUT2D eigenvalue weighted by Gasteiger charge is -2.15. The summed E-state index contributed by atoms with van der Waals surface area (Å²) in [6.45, 7) is 1.20. The van der Waals surface area contributed by atoms with Crippen LogP contribution in [0.1, 0.15) is 23.2 Å². The van der Waals surface area contributed by atoms with E-state index in [0.29, 0.717) is 6.54 Å². The maximum Gasteiger partial charge on any atom is 0.261 e. The van der Waals surface area contributed by atoms with Crippen LogP contribution in [0.25, 0.3) is 0 Å². The first-order valence-electron chi connectivity index (χ1n) is 7.78. The van der Waals surface area contributed by atoms with Crippen molar-refractivity contribution in [3.8, 4) is 0 Å². The van der Waals surface area contributed by atoms with E-state index in [9.17, 15) is 9.18 Å². The molecule has 2 heterocycles. The van der Waals surface area contributed by atoms with E-state index in [4.69, 9.17) is 22.1 Å². The van der Waals surface area contributed by atoms with Gasteiger partial charge >= 0.3 is 0 Å². The fraction of sp³-hybridized carbons (Fsp3) is 0.312. The zero-order chi connectivity index (χ0) is 17.8. The normalized spacial score (nSPS) is 16.6. The molecule has 1 amide bonds. The number of nitrogen functional groups attached to an aromatic ring is 1. The molecule has 1 unspecified atom stereocenters. The Hall–Kier alpha value is -2.45. The summed E-state index contributed by atoms with van der Waals surface area (Å²) in [6.07, 6.45) is 3.26. The van der Waals surface area contributed by atoms with Crippen LogP contribution in [0.2, 0.25) is 5.02 Å². The highest BCUT2D eigenvalue weighted by atomic mass is 35.5. The van der Waals surface area contributed by atoms with E-state index in [1.165, 1.54) is 24.4 Å². The average molecular weight is 366 g/mol. The molecule has 7 nitrogen and oxygen atoms in total. The summed E-state index contributed by atoms with van der Waals surface area (Å²) >= 11 is 5.94. The number of anilines is 3. The Kier molecular flexibility index (Phi) is 5.30. The number of nitrogens with one attached hydrogen (secondary N) is 2. The Morgan fingerprint density at radius 1 is 1.48 bits per heavy atom. The number of carbonyl (C=O) groups excluding carboxylic acids is 1. The van der Waals surface area contributed by atoms with Gasteiger partial charge in [-0.25, -0.2) is 9.37 Å².